The van der Waals surface area contributed by atoms with Gasteiger partial charge in [-0.15, -0.1) is 0 Å². The Hall–Kier alpha value is -3.52. The number of halogens is 1. The number of piperidine rings is 1. The second-order valence-corrected chi connectivity index (χ2v) is 8.43. The van der Waals surface area contributed by atoms with Gasteiger partial charge in [0.2, 0.25) is 5.95 Å². The number of anilines is 2. The average molecular weight is 432 g/mol. The number of hydrogen-bond acceptors (Lipinski definition) is 6. The molecule has 1 aliphatic heterocycles. The number of fused-ring (bicyclic) bond motifs is 1. The molecule has 0 atom stereocenters. The number of nitrogens with two attached hydrogens (primary N) is 2. The molecule has 2 aromatic heterocycles. The predicted molar refractivity (Wildman–Crippen MR) is 126 cm³/mol. The summed E-state index contributed by atoms with van der Waals surface area (Å²) < 4.78 is 16.2. The van der Waals surface area contributed by atoms with Crippen molar-refractivity contribution in [1.82, 2.24) is 19.7 Å². The van der Waals surface area contributed by atoms with Crippen molar-refractivity contribution in [2.24, 2.45) is 12.8 Å². The third-order valence-corrected chi connectivity index (χ3v) is 6.31. The van der Waals surface area contributed by atoms with Crippen molar-refractivity contribution in [3.8, 4) is 22.4 Å². The van der Waals surface area contributed by atoms with Gasteiger partial charge < -0.3 is 16.4 Å². The second kappa shape index (κ2) is 7.87. The molecule has 8 heteroatoms. The molecule has 0 amide bonds. The first-order valence-electron chi connectivity index (χ1n) is 10.8. The SMILES string of the molecule is Cc1c2cc(-c3cnc(N4CCC(N)CC4)nc3-c3ccc(N)c(F)c3)ccc2nn1C. The van der Waals surface area contributed by atoms with Crippen molar-refractivity contribution in [1.29, 1.82) is 0 Å². The third-order valence-electron chi connectivity index (χ3n) is 6.31. The Morgan fingerprint density at radius 1 is 1.06 bits per heavy atom. The molecule has 0 aliphatic carbocycles. The molecule has 5 rings (SSSR count). The molecule has 0 spiro atoms. The Morgan fingerprint density at radius 2 is 1.81 bits per heavy atom. The van der Waals surface area contributed by atoms with Gasteiger partial charge in [0.15, 0.2) is 0 Å². The van der Waals surface area contributed by atoms with Crippen LogP contribution in [0.3, 0.4) is 0 Å². The van der Waals surface area contributed by atoms with E-state index in [4.69, 9.17) is 16.5 Å². The Morgan fingerprint density at radius 3 is 2.56 bits per heavy atom. The molecule has 3 heterocycles. The summed E-state index contributed by atoms with van der Waals surface area (Å²) in [7, 11) is 1.93. The van der Waals surface area contributed by atoms with E-state index in [0.29, 0.717) is 17.2 Å². The molecule has 1 fully saturated rings. The Bertz CT molecular complexity index is 1310. The Kier molecular flexibility index (Phi) is 5.01. The van der Waals surface area contributed by atoms with Crippen molar-refractivity contribution in [2.45, 2.75) is 25.8 Å². The lowest BCUT2D eigenvalue weighted by Crippen LogP contribution is -2.40. The monoisotopic (exact) mass is 431 g/mol. The minimum Gasteiger partial charge on any atom is -0.396 e. The van der Waals surface area contributed by atoms with E-state index in [-0.39, 0.29) is 11.7 Å². The summed E-state index contributed by atoms with van der Waals surface area (Å²) in [5, 5.41) is 5.60. The topological polar surface area (TPSA) is 98.9 Å². The van der Waals surface area contributed by atoms with Crippen molar-refractivity contribution in [3.63, 3.8) is 0 Å². The first-order valence-corrected chi connectivity index (χ1v) is 10.8. The van der Waals surface area contributed by atoms with Gasteiger partial charge in [0.25, 0.3) is 0 Å². The lowest BCUT2D eigenvalue weighted by molar-refractivity contribution is 0.495. The number of benzene rings is 2. The van der Waals surface area contributed by atoms with Crippen LogP contribution < -0.4 is 16.4 Å². The van der Waals surface area contributed by atoms with E-state index in [0.717, 1.165) is 53.7 Å². The van der Waals surface area contributed by atoms with E-state index in [2.05, 4.69) is 21.0 Å². The quantitative estimate of drug-likeness (QED) is 0.481. The summed E-state index contributed by atoms with van der Waals surface area (Å²) in [5.41, 5.74) is 17.0. The van der Waals surface area contributed by atoms with Gasteiger partial charge in [0.1, 0.15) is 5.82 Å². The molecule has 1 aliphatic rings. The number of rotatable bonds is 3. The molecule has 0 unspecified atom stereocenters. The number of hydrogen-bond donors (Lipinski definition) is 2. The number of aryl methyl sites for hydroxylation is 2. The lowest BCUT2D eigenvalue weighted by Gasteiger charge is -2.30. The summed E-state index contributed by atoms with van der Waals surface area (Å²) >= 11 is 0. The van der Waals surface area contributed by atoms with Crippen LogP contribution in [0.2, 0.25) is 0 Å². The van der Waals surface area contributed by atoms with Crippen molar-refractivity contribution in [3.05, 3.63) is 54.1 Å². The highest BCUT2D eigenvalue weighted by Crippen LogP contribution is 2.34. The zero-order chi connectivity index (χ0) is 22.4. The normalized spacial score (nSPS) is 14.9. The maximum absolute atomic E-state index is 14.4. The van der Waals surface area contributed by atoms with E-state index in [9.17, 15) is 4.39 Å². The Labute approximate surface area is 185 Å². The van der Waals surface area contributed by atoms with Crippen LogP contribution in [0.4, 0.5) is 16.0 Å². The van der Waals surface area contributed by atoms with Crippen molar-refractivity contribution in [2.75, 3.05) is 23.7 Å². The fraction of sp³-hybridized carbons (Fsp3) is 0.292. The summed E-state index contributed by atoms with van der Waals surface area (Å²) in [4.78, 5) is 11.7. The number of nitrogens with zero attached hydrogens (tertiary/aromatic N) is 5. The summed E-state index contributed by atoms with van der Waals surface area (Å²) in [6.45, 7) is 3.64. The van der Waals surface area contributed by atoms with E-state index < -0.39 is 5.82 Å². The molecule has 7 nitrogen and oxygen atoms in total. The zero-order valence-electron chi connectivity index (χ0n) is 18.2. The average Bonchev–Trinajstić information content (AvgIpc) is 3.09. The molecule has 0 saturated carbocycles. The summed E-state index contributed by atoms with van der Waals surface area (Å²) in [6, 6.07) is 11.1. The van der Waals surface area contributed by atoms with Gasteiger partial charge in [0.05, 0.1) is 16.9 Å². The van der Waals surface area contributed by atoms with E-state index in [1.807, 2.05) is 37.0 Å². The maximum Gasteiger partial charge on any atom is 0.225 e. The van der Waals surface area contributed by atoms with Gasteiger partial charge >= 0.3 is 0 Å². The third kappa shape index (κ3) is 3.56. The molecule has 32 heavy (non-hydrogen) atoms. The van der Waals surface area contributed by atoms with Crippen LogP contribution in [0.15, 0.2) is 42.6 Å². The van der Waals surface area contributed by atoms with Crippen molar-refractivity contribution >= 4 is 22.5 Å². The van der Waals surface area contributed by atoms with Crippen LogP contribution in [0.1, 0.15) is 18.5 Å². The van der Waals surface area contributed by atoms with Crippen LogP contribution in [0, 0.1) is 12.7 Å². The summed E-state index contributed by atoms with van der Waals surface area (Å²) in [6.07, 6.45) is 3.62. The first-order chi connectivity index (χ1) is 15.4. The van der Waals surface area contributed by atoms with E-state index in [1.54, 1.807) is 12.1 Å². The molecule has 0 radical (unpaired) electrons. The minimum atomic E-state index is -0.462. The van der Waals surface area contributed by atoms with Gasteiger partial charge in [0, 0.05) is 54.6 Å². The van der Waals surface area contributed by atoms with Crippen LogP contribution in [0.25, 0.3) is 33.3 Å². The molecule has 4 aromatic rings. The molecule has 4 N–H and O–H groups in total. The predicted octanol–water partition coefficient (Wildman–Crippen LogP) is 3.65. The number of aromatic nitrogens is 4. The van der Waals surface area contributed by atoms with Gasteiger partial charge in [-0.1, -0.05) is 12.1 Å². The second-order valence-electron chi connectivity index (χ2n) is 8.43. The fourth-order valence-electron chi connectivity index (χ4n) is 4.22. The van der Waals surface area contributed by atoms with E-state index in [1.165, 1.54) is 6.07 Å². The van der Waals surface area contributed by atoms with Crippen LogP contribution in [0.5, 0.6) is 0 Å². The maximum atomic E-state index is 14.4. The molecule has 1 saturated heterocycles. The van der Waals surface area contributed by atoms with Crippen LogP contribution in [-0.2, 0) is 7.05 Å². The fourth-order valence-corrected chi connectivity index (χ4v) is 4.22. The smallest absolute Gasteiger partial charge is 0.225 e. The van der Waals surface area contributed by atoms with Crippen LogP contribution >= 0.6 is 0 Å². The molecular weight excluding hydrogens is 405 g/mol. The highest BCUT2D eigenvalue weighted by atomic mass is 19.1. The first kappa shape index (κ1) is 20.4. The van der Waals surface area contributed by atoms with Crippen LogP contribution in [-0.4, -0.2) is 38.9 Å². The Balaban J connectivity index is 1.66. The molecular formula is C24H26FN7. The lowest BCUT2D eigenvalue weighted by atomic mass is 9.99. The highest BCUT2D eigenvalue weighted by Gasteiger charge is 2.21. The highest BCUT2D eigenvalue weighted by molar-refractivity contribution is 5.90. The summed E-state index contributed by atoms with van der Waals surface area (Å²) in [5.74, 6) is 0.169. The van der Waals surface area contributed by atoms with Gasteiger partial charge in [-0.3, -0.25) is 4.68 Å². The van der Waals surface area contributed by atoms with Crippen molar-refractivity contribution < 1.29 is 4.39 Å². The molecule has 0 bridgehead atoms. The zero-order valence-corrected chi connectivity index (χ0v) is 18.2. The molecule has 164 valence electrons. The minimum absolute atomic E-state index is 0.113. The number of nitrogen functional groups attached to an aromatic ring is 1. The van der Waals surface area contributed by atoms with Gasteiger partial charge in [-0.25, -0.2) is 14.4 Å². The van der Waals surface area contributed by atoms with Gasteiger partial charge in [-0.05, 0) is 49.6 Å². The van der Waals surface area contributed by atoms with E-state index >= 15 is 0 Å². The van der Waals surface area contributed by atoms with Gasteiger partial charge in [-0.2, -0.15) is 5.10 Å². The standard InChI is InChI=1S/C24H26FN7/c1-14-18-11-15(4-6-22(18)30-31(14)2)19-13-28-24(32-9-7-17(26)8-10-32)29-23(19)16-3-5-21(27)20(25)12-16/h3-6,11-13,17H,7-10,26-27H2,1-2H3. The molecule has 2 aromatic carbocycles. The largest absolute Gasteiger partial charge is 0.396 e.